The summed E-state index contributed by atoms with van der Waals surface area (Å²) in [4.78, 5) is 23.5. The van der Waals surface area contributed by atoms with Crippen molar-refractivity contribution in [1.29, 1.82) is 0 Å². The highest BCUT2D eigenvalue weighted by molar-refractivity contribution is 8.14. The highest BCUT2D eigenvalue weighted by atomic mass is 32.2. The van der Waals surface area contributed by atoms with E-state index in [2.05, 4.69) is 11.9 Å². The van der Waals surface area contributed by atoms with Crippen molar-refractivity contribution in [2.24, 2.45) is 5.92 Å². The average Bonchev–Trinajstić information content (AvgIpc) is 3.62. The van der Waals surface area contributed by atoms with Gasteiger partial charge in [0.05, 0.1) is 16.7 Å². The predicted molar refractivity (Wildman–Crippen MR) is 128 cm³/mol. The molecule has 0 bridgehead atoms. The van der Waals surface area contributed by atoms with Crippen LogP contribution in [-0.4, -0.2) is 29.4 Å². The van der Waals surface area contributed by atoms with Crippen molar-refractivity contribution in [3.63, 3.8) is 0 Å². The third kappa shape index (κ3) is 7.04. The third-order valence-corrected chi connectivity index (χ3v) is 6.86. The summed E-state index contributed by atoms with van der Waals surface area (Å²) in [5, 5.41) is 2.54. The third-order valence-electron chi connectivity index (χ3n) is 5.80. The molecule has 1 saturated carbocycles. The van der Waals surface area contributed by atoms with Gasteiger partial charge in [0, 0.05) is 5.70 Å². The van der Waals surface area contributed by atoms with Crippen molar-refractivity contribution in [2.45, 2.75) is 50.0 Å². The van der Waals surface area contributed by atoms with Gasteiger partial charge >= 0.3 is 12.1 Å². The molecule has 1 N–H and O–H groups in total. The Morgan fingerprint density at radius 3 is 2.36 bits per heavy atom. The summed E-state index contributed by atoms with van der Waals surface area (Å²) in [6, 6.07) is 11.9. The Balaban J connectivity index is 1.40. The summed E-state index contributed by atoms with van der Waals surface area (Å²) in [5.74, 6) is 0.0863. The Morgan fingerprint density at radius 2 is 1.81 bits per heavy atom. The summed E-state index contributed by atoms with van der Waals surface area (Å²) < 4.78 is 56.0. The first-order chi connectivity index (χ1) is 17.1. The molecule has 2 aliphatic rings. The van der Waals surface area contributed by atoms with Crippen LogP contribution >= 0.6 is 11.8 Å². The van der Waals surface area contributed by atoms with E-state index < -0.39 is 24.1 Å². The molecule has 2 fully saturated rings. The summed E-state index contributed by atoms with van der Waals surface area (Å²) in [6.45, 7) is 5.43. The number of hydrogen-bond acceptors (Lipinski definition) is 6. The lowest BCUT2D eigenvalue weighted by Crippen LogP contribution is -2.24. The minimum atomic E-state index is -4.45. The number of amides is 1. The number of thioether (sulfide) groups is 1. The van der Waals surface area contributed by atoms with Gasteiger partial charge in [0.2, 0.25) is 6.29 Å². The van der Waals surface area contributed by atoms with Gasteiger partial charge in [-0.15, -0.1) is 0 Å². The molecule has 1 aliphatic carbocycles. The number of carbonyl (C=O) groups is 2. The van der Waals surface area contributed by atoms with Gasteiger partial charge in [0.25, 0.3) is 5.24 Å². The van der Waals surface area contributed by atoms with E-state index >= 15 is 0 Å². The zero-order valence-corrected chi connectivity index (χ0v) is 20.4. The maximum atomic E-state index is 13.0. The first-order valence-corrected chi connectivity index (χ1v) is 12.4. The number of ether oxygens (including phenoxy) is 3. The van der Waals surface area contributed by atoms with Crippen LogP contribution in [0.2, 0.25) is 0 Å². The quantitative estimate of drug-likeness (QED) is 0.304. The Hall–Kier alpha value is -2.98. The van der Waals surface area contributed by atoms with E-state index in [1.165, 1.54) is 23.9 Å². The maximum absolute atomic E-state index is 13.0. The molecule has 1 aliphatic heterocycles. The molecular formula is C26H26F3NO5S. The van der Waals surface area contributed by atoms with E-state index in [1.54, 1.807) is 19.1 Å². The van der Waals surface area contributed by atoms with Crippen molar-refractivity contribution in [3.05, 3.63) is 77.5 Å². The molecular weight excluding hydrogens is 495 g/mol. The van der Waals surface area contributed by atoms with E-state index in [0.717, 1.165) is 30.5 Å². The second kappa shape index (κ2) is 11.0. The lowest BCUT2D eigenvalue weighted by atomic mass is 10.1. The van der Waals surface area contributed by atoms with Crippen molar-refractivity contribution < 1.29 is 37.0 Å². The van der Waals surface area contributed by atoms with Crippen LogP contribution in [-0.2, 0) is 26.9 Å². The molecule has 0 spiro atoms. The van der Waals surface area contributed by atoms with Crippen LogP contribution in [0.3, 0.4) is 0 Å². The lowest BCUT2D eigenvalue weighted by molar-refractivity contribution is -0.190. The fourth-order valence-electron chi connectivity index (χ4n) is 3.65. The molecule has 2 aromatic rings. The number of nitrogens with one attached hydrogen (secondary N) is 1. The first-order valence-electron chi connectivity index (χ1n) is 11.5. The molecule has 3 unspecified atom stereocenters. The van der Waals surface area contributed by atoms with Gasteiger partial charge in [-0.05, 0) is 61.6 Å². The van der Waals surface area contributed by atoms with Crippen molar-refractivity contribution >= 4 is 23.0 Å². The van der Waals surface area contributed by atoms with E-state index in [1.807, 2.05) is 12.1 Å². The van der Waals surface area contributed by atoms with Crippen LogP contribution in [0.5, 0.6) is 5.75 Å². The SMILES string of the molecule is C=C1NC(=O)SC1Cc1ccc(OCC(OC(C)OC(=O)C2CC2)c2ccc(C(F)(F)F)cc2)cc1. The van der Waals surface area contributed by atoms with E-state index in [4.69, 9.17) is 14.2 Å². The molecule has 6 nitrogen and oxygen atoms in total. The maximum Gasteiger partial charge on any atom is 0.416 e. The fourth-order valence-corrected chi connectivity index (χ4v) is 4.58. The molecule has 4 rings (SSSR count). The van der Waals surface area contributed by atoms with Gasteiger partial charge in [-0.25, -0.2) is 0 Å². The molecule has 10 heteroatoms. The second-order valence-electron chi connectivity index (χ2n) is 8.73. The summed E-state index contributed by atoms with van der Waals surface area (Å²) in [5.41, 5.74) is 1.37. The number of carbonyl (C=O) groups excluding carboxylic acids is 2. The predicted octanol–water partition coefficient (Wildman–Crippen LogP) is 6.02. The Morgan fingerprint density at radius 1 is 1.14 bits per heavy atom. The molecule has 2 aromatic carbocycles. The molecule has 1 heterocycles. The van der Waals surface area contributed by atoms with Gasteiger partial charge < -0.3 is 19.5 Å². The highest BCUT2D eigenvalue weighted by Gasteiger charge is 2.33. The molecule has 0 radical (unpaired) electrons. The van der Waals surface area contributed by atoms with Crippen LogP contribution in [0, 0.1) is 5.92 Å². The van der Waals surface area contributed by atoms with E-state index in [-0.39, 0.29) is 29.0 Å². The van der Waals surface area contributed by atoms with Crippen LogP contribution in [0.25, 0.3) is 0 Å². The standard InChI is InChI=1S/C26H26F3NO5S/c1-15-23(36-25(32)30-15)13-17-3-11-21(12-4-17)33-14-22(34-16(2)35-24(31)19-5-6-19)18-7-9-20(10-8-18)26(27,28)29/h3-4,7-12,16,19,22-23H,1,5-6,13-14H2,2H3,(H,30,32). The smallest absolute Gasteiger partial charge is 0.416 e. The molecule has 1 saturated heterocycles. The van der Waals surface area contributed by atoms with Crippen molar-refractivity contribution in [2.75, 3.05) is 6.61 Å². The largest absolute Gasteiger partial charge is 0.491 e. The number of alkyl halides is 3. The Bertz CT molecular complexity index is 1100. The molecule has 3 atom stereocenters. The van der Waals surface area contributed by atoms with Gasteiger partial charge in [-0.1, -0.05) is 42.6 Å². The van der Waals surface area contributed by atoms with E-state index in [9.17, 15) is 22.8 Å². The van der Waals surface area contributed by atoms with Crippen LogP contribution in [0.4, 0.5) is 18.0 Å². The monoisotopic (exact) mass is 521 g/mol. The Kier molecular flexibility index (Phi) is 7.94. The van der Waals surface area contributed by atoms with Gasteiger partial charge in [-0.3, -0.25) is 9.59 Å². The van der Waals surface area contributed by atoms with Crippen LogP contribution in [0.1, 0.15) is 42.6 Å². The number of rotatable bonds is 10. The Labute approximate surface area is 211 Å². The van der Waals surface area contributed by atoms with Crippen molar-refractivity contribution in [1.82, 2.24) is 5.32 Å². The minimum absolute atomic E-state index is 0.0102. The fraction of sp³-hybridized carbons (Fsp3) is 0.385. The summed E-state index contributed by atoms with van der Waals surface area (Å²) in [6.07, 6.45) is -3.92. The normalized spacial score (nSPS) is 19.5. The lowest BCUT2D eigenvalue weighted by Gasteiger charge is -2.23. The van der Waals surface area contributed by atoms with E-state index in [0.29, 0.717) is 23.4 Å². The van der Waals surface area contributed by atoms with Gasteiger partial charge in [-0.2, -0.15) is 13.2 Å². The average molecular weight is 522 g/mol. The molecule has 1 amide bonds. The highest BCUT2D eigenvalue weighted by Crippen LogP contribution is 2.33. The van der Waals surface area contributed by atoms with Crippen LogP contribution < -0.4 is 10.1 Å². The number of benzene rings is 2. The number of hydrogen-bond donors (Lipinski definition) is 1. The summed E-state index contributed by atoms with van der Waals surface area (Å²) >= 11 is 1.20. The van der Waals surface area contributed by atoms with Gasteiger partial charge in [0.15, 0.2) is 0 Å². The summed E-state index contributed by atoms with van der Waals surface area (Å²) in [7, 11) is 0. The van der Waals surface area contributed by atoms with Crippen LogP contribution in [0.15, 0.2) is 60.8 Å². The minimum Gasteiger partial charge on any atom is -0.491 e. The zero-order chi connectivity index (χ0) is 25.9. The zero-order valence-electron chi connectivity index (χ0n) is 19.5. The number of esters is 1. The number of halogens is 3. The molecule has 0 aromatic heterocycles. The second-order valence-corrected chi connectivity index (χ2v) is 9.90. The molecule has 192 valence electrons. The van der Waals surface area contributed by atoms with Gasteiger partial charge in [0.1, 0.15) is 18.5 Å². The first kappa shape index (κ1) is 26.1. The van der Waals surface area contributed by atoms with Crippen molar-refractivity contribution in [3.8, 4) is 5.75 Å². The topological polar surface area (TPSA) is 73.9 Å². The molecule has 36 heavy (non-hydrogen) atoms.